The molecule has 1 N–H and O–H groups in total. The van der Waals surface area contributed by atoms with Crippen LogP contribution in [0, 0.1) is 0 Å². The van der Waals surface area contributed by atoms with Crippen LogP contribution >= 0.6 is 11.3 Å². The number of fused-ring (bicyclic) bond motifs is 1. The highest BCUT2D eigenvalue weighted by Gasteiger charge is 2.00. The molecule has 1 aromatic carbocycles. The van der Waals surface area contributed by atoms with Gasteiger partial charge in [-0.3, -0.25) is 4.98 Å². The zero-order chi connectivity index (χ0) is 12.9. The number of nitrogens with zero attached hydrogens (tertiary/aromatic N) is 1. The van der Waals surface area contributed by atoms with Gasteiger partial charge in [0.2, 0.25) is 0 Å². The van der Waals surface area contributed by atoms with E-state index in [1.807, 2.05) is 23.7 Å². The minimum absolute atomic E-state index is 0.909. The van der Waals surface area contributed by atoms with Crippen molar-refractivity contribution in [3.8, 4) is 0 Å². The fraction of sp³-hybridized carbons (Fsp3) is 0.188. The van der Waals surface area contributed by atoms with Crippen LogP contribution < -0.4 is 5.32 Å². The van der Waals surface area contributed by atoms with Gasteiger partial charge in [-0.1, -0.05) is 24.3 Å². The minimum atomic E-state index is 0.909. The number of benzene rings is 1. The lowest BCUT2D eigenvalue weighted by molar-refractivity contribution is 0.693. The van der Waals surface area contributed by atoms with E-state index in [2.05, 4.69) is 52.1 Å². The second kappa shape index (κ2) is 5.95. The fourth-order valence-electron chi connectivity index (χ4n) is 2.23. The molecule has 3 heteroatoms. The van der Waals surface area contributed by atoms with Gasteiger partial charge in [-0.05, 0) is 34.9 Å². The van der Waals surface area contributed by atoms with E-state index in [0.29, 0.717) is 0 Å². The molecule has 0 saturated heterocycles. The average Bonchev–Trinajstić information content (AvgIpc) is 2.97. The third kappa shape index (κ3) is 3.00. The summed E-state index contributed by atoms with van der Waals surface area (Å²) in [4.78, 5) is 5.60. The van der Waals surface area contributed by atoms with E-state index in [0.717, 1.165) is 19.5 Å². The van der Waals surface area contributed by atoms with E-state index in [4.69, 9.17) is 0 Å². The Balaban J connectivity index is 1.62. The molecule has 3 aromatic rings. The molecule has 0 atom stereocenters. The van der Waals surface area contributed by atoms with Crippen molar-refractivity contribution in [2.45, 2.75) is 13.0 Å². The van der Waals surface area contributed by atoms with Gasteiger partial charge in [-0.15, -0.1) is 11.3 Å². The zero-order valence-electron chi connectivity index (χ0n) is 10.7. The summed E-state index contributed by atoms with van der Waals surface area (Å²) in [6, 6.07) is 12.8. The highest BCUT2D eigenvalue weighted by atomic mass is 32.1. The van der Waals surface area contributed by atoms with E-state index < -0.39 is 0 Å². The van der Waals surface area contributed by atoms with Gasteiger partial charge in [0.25, 0.3) is 0 Å². The Hall–Kier alpha value is -1.71. The van der Waals surface area contributed by atoms with Crippen molar-refractivity contribution in [2.75, 3.05) is 6.54 Å². The van der Waals surface area contributed by atoms with Crippen LogP contribution in [0.2, 0.25) is 0 Å². The monoisotopic (exact) mass is 268 g/mol. The molecule has 0 aliphatic heterocycles. The number of hydrogen-bond donors (Lipinski definition) is 1. The Morgan fingerprint density at radius 3 is 3.00 bits per heavy atom. The molecule has 2 aromatic heterocycles. The first-order valence-electron chi connectivity index (χ1n) is 6.48. The smallest absolute Gasteiger partial charge is 0.0346 e. The summed E-state index contributed by atoms with van der Waals surface area (Å²) in [5.41, 5.74) is 1.34. The number of pyridine rings is 1. The van der Waals surface area contributed by atoms with Crippen molar-refractivity contribution in [1.82, 2.24) is 10.3 Å². The maximum Gasteiger partial charge on any atom is 0.0346 e. The molecule has 0 aliphatic carbocycles. The lowest BCUT2D eigenvalue weighted by atomic mass is 10.1. The summed E-state index contributed by atoms with van der Waals surface area (Å²) >= 11 is 1.82. The van der Waals surface area contributed by atoms with Gasteiger partial charge < -0.3 is 5.32 Å². The van der Waals surface area contributed by atoms with E-state index in [1.54, 1.807) is 0 Å². The van der Waals surface area contributed by atoms with Crippen molar-refractivity contribution >= 4 is 22.1 Å². The quantitative estimate of drug-likeness (QED) is 0.715. The maximum absolute atomic E-state index is 4.17. The molecule has 0 fully saturated rings. The van der Waals surface area contributed by atoms with Crippen molar-refractivity contribution < 1.29 is 0 Å². The zero-order valence-corrected chi connectivity index (χ0v) is 11.5. The lowest BCUT2D eigenvalue weighted by Gasteiger charge is -2.07. The second-order valence-corrected chi connectivity index (χ2v) is 5.55. The largest absolute Gasteiger partial charge is 0.312 e. The van der Waals surface area contributed by atoms with Gasteiger partial charge in [-0.25, -0.2) is 0 Å². The molecule has 0 unspecified atom stereocenters. The van der Waals surface area contributed by atoms with Crippen LogP contribution in [0.3, 0.4) is 0 Å². The van der Waals surface area contributed by atoms with Gasteiger partial charge in [0.15, 0.2) is 0 Å². The molecule has 0 spiro atoms. The van der Waals surface area contributed by atoms with Crippen LogP contribution in [0.5, 0.6) is 0 Å². The Kier molecular flexibility index (Phi) is 3.86. The summed E-state index contributed by atoms with van der Waals surface area (Å²) < 4.78 is 0. The number of aromatic nitrogens is 1. The molecule has 0 aliphatic rings. The van der Waals surface area contributed by atoms with E-state index in [1.165, 1.54) is 21.2 Å². The first kappa shape index (κ1) is 12.3. The molecule has 2 nitrogen and oxygen atoms in total. The summed E-state index contributed by atoms with van der Waals surface area (Å²) in [5.74, 6) is 0. The molecule has 0 bridgehead atoms. The fourth-order valence-corrected chi connectivity index (χ4v) is 2.94. The standard InChI is InChI=1S/C16H16N2S/c1-3-13(16-7-9-18-12-14(16)4-1)11-17-8-6-15-5-2-10-19-15/h1-5,7,9-10,12,17H,6,8,11H2. The SMILES string of the molecule is c1csc(CCNCc2cccc3cnccc23)c1. The summed E-state index contributed by atoms with van der Waals surface area (Å²) in [5, 5.41) is 8.15. The van der Waals surface area contributed by atoms with Gasteiger partial charge in [0, 0.05) is 35.7 Å². The van der Waals surface area contributed by atoms with Gasteiger partial charge in [0.05, 0.1) is 0 Å². The maximum atomic E-state index is 4.17. The first-order valence-corrected chi connectivity index (χ1v) is 7.36. The summed E-state index contributed by atoms with van der Waals surface area (Å²) in [6.45, 7) is 1.93. The van der Waals surface area contributed by atoms with Crippen molar-refractivity contribution in [3.05, 3.63) is 64.6 Å². The van der Waals surface area contributed by atoms with E-state index in [-0.39, 0.29) is 0 Å². The molecule has 19 heavy (non-hydrogen) atoms. The van der Waals surface area contributed by atoms with Crippen LogP contribution in [0.4, 0.5) is 0 Å². The van der Waals surface area contributed by atoms with Crippen molar-refractivity contribution in [1.29, 1.82) is 0 Å². The molecule has 2 heterocycles. The number of hydrogen-bond acceptors (Lipinski definition) is 3. The molecule has 96 valence electrons. The third-order valence-corrected chi connectivity index (χ3v) is 4.15. The predicted octanol–water partition coefficient (Wildman–Crippen LogP) is 3.63. The van der Waals surface area contributed by atoms with Crippen molar-refractivity contribution in [3.63, 3.8) is 0 Å². The van der Waals surface area contributed by atoms with E-state index >= 15 is 0 Å². The number of thiophene rings is 1. The summed E-state index contributed by atoms with van der Waals surface area (Å²) in [6.07, 6.45) is 4.88. The van der Waals surface area contributed by atoms with Crippen LogP contribution in [-0.2, 0) is 13.0 Å². The second-order valence-electron chi connectivity index (χ2n) is 4.52. The third-order valence-electron chi connectivity index (χ3n) is 3.21. The number of nitrogens with one attached hydrogen (secondary N) is 1. The van der Waals surface area contributed by atoms with Crippen LogP contribution in [0.25, 0.3) is 10.8 Å². The highest BCUT2D eigenvalue weighted by Crippen LogP contribution is 2.17. The normalized spacial score (nSPS) is 10.9. The Morgan fingerprint density at radius 2 is 2.11 bits per heavy atom. The first-order chi connectivity index (χ1) is 9.43. The van der Waals surface area contributed by atoms with Crippen LogP contribution in [0.15, 0.2) is 54.2 Å². The Morgan fingerprint density at radius 1 is 1.11 bits per heavy atom. The van der Waals surface area contributed by atoms with Crippen molar-refractivity contribution in [2.24, 2.45) is 0 Å². The number of rotatable bonds is 5. The van der Waals surface area contributed by atoms with E-state index in [9.17, 15) is 0 Å². The Labute approximate surface area is 117 Å². The van der Waals surface area contributed by atoms with Gasteiger partial charge >= 0.3 is 0 Å². The topological polar surface area (TPSA) is 24.9 Å². The van der Waals surface area contributed by atoms with Crippen LogP contribution in [-0.4, -0.2) is 11.5 Å². The molecule has 3 rings (SSSR count). The molecular weight excluding hydrogens is 252 g/mol. The highest BCUT2D eigenvalue weighted by molar-refractivity contribution is 7.09. The van der Waals surface area contributed by atoms with Gasteiger partial charge in [0.1, 0.15) is 0 Å². The molecule has 0 amide bonds. The Bertz CT molecular complexity index is 641. The summed E-state index contributed by atoms with van der Waals surface area (Å²) in [7, 11) is 0. The predicted molar refractivity (Wildman–Crippen MR) is 81.5 cm³/mol. The molecular formula is C16H16N2S. The molecule has 0 saturated carbocycles. The molecule has 0 radical (unpaired) electrons. The van der Waals surface area contributed by atoms with Gasteiger partial charge in [-0.2, -0.15) is 0 Å². The lowest BCUT2D eigenvalue weighted by Crippen LogP contribution is -2.16. The van der Waals surface area contributed by atoms with Crippen LogP contribution in [0.1, 0.15) is 10.4 Å². The minimum Gasteiger partial charge on any atom is -0.312 e. The average molecular weight is 268 g/mol.